The van der Waals surface area contributed by atoms with Crippen LogP contribution in [0.4, 0.5) is 0 Å². The van der Waals surface area contributed by atoms with Gasteiger partial charge in [0.2, 0.25) is 0 Å². The third kappa shape index (κ3) is 4.16. The molecule has 3 heteroatoms. The summed E-state index contributed by atoms with van der Waals surface area (Å²) in [5, 5.41) is 11.7. The molecule has 2 aromatic rings. The number of rotatable bonds is 5. The van der Waals surface area contributed by atoms with Gasteiger partial charge in [-0.25, -0.2) is 0 Å². The molecule has 3 N–H and O–H groups in total. The van der Waals surface area contributed by atoms with Gasteiger partial charge in [-0.3, -0.25) is 0 Å². The molecule has 1 aliphatic rings. The van der Waals surface area contributed by atoms with E-state index in [9.17, 15) is 5.11 Å². The lowest BCUT2D eigenvalue weighted by Gasteiger charge is -2.31. The van der Waals surface area contributed by atoms with Crippen molar-refractivity contribution in [3.63, 3.8) is 0 Å². The molecule has 0 bridgehead atoms. The maximum Gasteiger partial charge on any atom is 0.120 e. The van der Waals surface area contributed by atoms with Gasteiger partial charge in [-0.1, -0.05) is 32.0 Å². The molecule has 0 radical (unpaired) electrons. The first-order valence-corrected chi connectivity index (χ1v) is 9.50. The second-order valence-electron chi connectivity index (χ2n) is 8.20. The quantitative estimate of drug-likeness (QED) is 0.835. The van der Waals surface area contributed by atoms with Gasteiger partial charge in [0.25, 0.3) is 0 Å². The standard InChI is InChI=1S/C22H31NO2/c1-15(2)16-5-9-20(10-6-16)25-21-11-7-17-12-19(22(3,23)14-24)8-4-18(17)13-21/h4,7-8,11-13,15-16,20,24H,5-6,9-10,14,23H2,1-3H3. The number of benzene rings is 2. The number of hydrogen-bond donors (Lipinski definition) is 2. The van der Waals surface area contributed by atoms with E-state index in [4.69, 9.17) is 10.5 Å². The zero-order valence-electron chi connectivity index (χ0n) is 15.7. The zero-order valence-corrected chi connectivity index (χ0v) is 15.7. The maximum absolute atomic E-state index is 9.45. The average molecular weight is 341 g/mol. The molecule has 1 fully saturated rings. The monoisotopic (exact) mass is 341 g/mol. The zero-order chi connectivity index (χ0) is 18.0. The normalized spacial score (nSPS) is 23.6. The Morgan fingerprint density at radius 1 is 1.08 bits per heavy atom. The predicted octanol–water partition coefficient (Wildman–Crippen LogP) is 4.60. The van der Waals surface area contributed by atoms with Crippen LogP contribution in [0.1, 0.15) is 52.0 Å². The van der Waals surface area contributed by atoms with Gasteiger partial charge in [0, 0.05) is 0 Å². The fourth-order valence-electron chi connectivity index (χ4n) is 3.81. The van der Waals surface area contributed by atoms with Gasteiger partial charge in [-0.15, -0.1) is 0 Å². The number of fused-ring (bicyclic) bond motifs is 1. The van der Waals surface area contributed by atoms with Crippen LogP contribution in [0.2, 0.25) is 0 Å². The van der Waals surface area contributed by atoms with E-state index >= 15 is 0 Å². The number of nitrogens with two attached hydrogens (primary N) is 1. The van der Waals surface area contributed by atoms with Crippen LogP contribution >= 0.6 is 0 Å². The molecule has 0 amide bonds. The summed E-state index contributed by atoms with van der Waals surface area (Å²) in [6.45, 7) is 6.43. The van der Waals surface area contributed by atoms with Gasteiger partial charge in [-0.2, -0.15) is 0 Å². The minimum Gasteiger partial charge on any atom is -0.490 e. The topological polar surface area (TPSA) is 55.5 Å². The third-order valence-corrected chi connectivity index (χ3v) is 5.76. The Balaban J connectivity index is 1.71. The highest BCUT2D eigenvalue weighted by atomic mass is 16.5. The summed E-state index contributed by atoms with van der Waals surface area (Å²) in [6, 6.07) is 12.4. The molecule has 1 aliphatic carbocycles. The van der Waals surface area contributed by atoms with Gasteiger partial charge >= 0.3 is 0 Å². The highest BCUT2D eigenvalue weighted by Crippen LogP contribution is 2.33. The van der Waals surface area contributed by atoms with Crippen molar-refractivity contribution in [1.29, 1.82) is 0 Å². The first-order chi connectivity index (χ1) is 11.9. The Morgan fingerprint density at radius 2 is 1.72 bits per heavy atom. The highest BCUT2D eigenvalue weighted by Gasteiger charge is 2.24. The van der Waals surface area contributed by atoms with E-state index in [1.54, 1.807) is 0 Å². The Labute approximate surface area is 151 Å². The van der Waals surface area contributed by atoms with E-state index in [1.165, 1.54) is 12.8 Å². The molecule has 0 spiro atoms. The van der Waals surface area contributed by atoms with Crippen molar-refractivity contribution in [2.24, 2.45) is 17.6 Å². The maximum atomic E-state index is 9.45. The highest BCUT2D eigenvalue weighted by molar-refractivity contribution is 5.84. The third-order valence-electron chi connectivity index (χ3n) is 5.76. The van der Waals surface area contributed by atoms with Crippen molar-refractivity contribution < 1.29 is 9.84 Å². The first kappa shape index (κ1) is 18.2. The predicted molar refractivity (Wildman–Crippen MR) is 104 cm³/mol. The Hall–Kier alpha value is -1.58. The van der Waals surface area contributed by atoms with Gasteiger partial charge in [0.05, 0.1) is 18.2 Å². The smallest absolute Gasteiger partial charge is 0.120 e. The molecular weight excluding hydrogens is 310 g/mol. The first-order valence-electron chi connectivity index (χ1n) is 9.50. The summed E-state index contributed by atoms with van der Waals surface area (Å²) < 4.78 is 6.25. The minimum absolute atomic E-state index is 0.0707. The Morgan fingerprint density at radius 3 is 2.36 bits per heavy atom. The summed E-state index contributed by atoms with van der Waals surface area (Å²) >= 11 is 0. The summed E-state index contributed by atoms with van der Waals surface area (Å²) in [5.74, 6) is 2.58. The van der Waals surface area contributed by atoms with E-state index in [1.807, 2.05) is 19.1 Å². The molecule has 0 aromatic heterocycles. The second kappa shape index (κ2) is 7.35. The van der Waals surface area contributed by atoms with Crippen LogP contribution < -0.4 is 10.5 Å². The molecule has 0 saturated heterocycles. The van der Waals surface area contributed by atoms with Crippen molar-refractivity contribution in [3.05, 3.63) is 42.0 Å². The van der Waals surface area contributed by atoms with E-state index in [0.29, 0.717) is 6.10 Å². The Kier molecular flexibility index (Phi) is 5.35. The molecule has 1 unspecified atom stereocenters. The SMILES string of the molecule is CC(C)C1CCC(Oc2ccc3cc(C(C)(N)CO)ccc3c2)CC1. The van der Waals surface area contributed by atoms with E-state index < -0.39 is 5.54 Å². The lowest BCUT2D eigenvalue weighted by Crippen LogP contribution is -2.36. The minimum atomic E-state index is -0.710. The number of aliphatic hydroxyl groups is 1. The lowest BCUT2D eigenvalue weighted by atomic mass is 9.80. The van der Waals surface area contributed by atoms with Crippen molar-refractivity contribution in [3.8, 4) is 5.75 Å². The van der Waals surface area contributed by atoms with E-state index in [0.717, 1.165) is 46.8 Å². The molecule has 25 heavy (non-hydrogen) atoms. The molecule has 1 saturated carbocycles. The Bertz CT molecular complexity index is 715. The van der Waals surface area contributed by atoms with Crippen LogP contribution in [-0.2, 0) is 5.54 Å². The number of hydrogen-bond acceptors (Lipinski definition) is 3. The number of ether oxygens (including phenoxy) is 1. The van der Waals surface area contributed by atoms with Crippen LogP contribution in [0.15, 0.2) is 36.4 Å². The van der Waals surface area contributed by atoms with Crippen molar-refractivity contribution in [2.45, 2.75) is 58.1 Å². The summed E-state index contributed by atoms with van der Waals surface area (Å²) in [5.41, 5.74) is 6.38. The molecule has 0 heterocycles. The summed E-state index contributed by atoms with van der Waals surface area (Å²) in [6.07, 6.45) is 5.20. The summed E-state index contributed by atoms with van der Waals surface area (Å²) in [7, 11) is 0. The van der Waals surface area contributed by atoms with E-state index in [-0.39, 0.29) is 6.61 Å². The van der Waals surface area contributed by atoms with Gasteiger partial charge in [-0.05, 0) is 79.0 Å². The largest absolute Gasteiger partial charge is 0.490 e. The van der Waals surface area contributed by atoms with Crippen molar-refractivity contribution >= 4 is 10.8 Å². The molecular formula is C22H31NO2. The summed E-state index contributed by atoms with van der Waals surface area (Å²) in [4.78, 5) is 0. The second-order valence-corrected chi connectivity index (χ2v) is 8.20. The average Bonchev–Trinajstić information content (AvgIpc) is 2.61. The lowest BCUT2D eigenvalue weighted by molar-refractivity contribution is 0.117. The number of aliphatic hydroxyl groups excluding tert-OH is 1. The van der Waals surface area contributed by atoms with Crippen LogP contribution in [0, 0.1) is 11.8 Å². The van der Waals surface area contributed by atoms with Crippen LogP contribution in [0.5, 0.6) is 5.75 Å². The van der Waals surface area contributed by atoms with Crippen LogP contribution in [0.25, 0.3) is 10.8 Å². The molecule has 0 aliphatic heterocycles. The fraction of sp³-hybridized carbons (Fsp3) is 0.545. The fourth-order valence-corrected chi connectivity index (χ4v) is 3.81. The van der Waals surface area contributed by atoms with Crippen LogP contribution in [0.3, 0.4) is 0 Å². The molecule has 1 atom stereocenters. The molecule has 3 rings (SSSR count). The van der Waals surface area contributed by atoms with Gasteiger partial charge in [0.15, 0.2) is 0 Å². The van der Waals surface area contributed by atoms with Crippen molar-refractivity contribution in [1.82, 2.24) is 0 Å². The van der Waals surface area contributed by atoms with Gasteiger partial charge in [0.1, 0.15) is 5.75 Å². The van der Waals surface area contributed by atoms with Crippen LogP contribution in [-0.4, -0.2) is 17.8 Å². The molecule has 2 aromatic carbocycles. The van der Waals surface area contributed by atoms with Crippen molar-refractivity contribution in [2.75, 3.05) is 6.61 Å². The van der Waals surface area contributed by atoms with E-state index in [2.05, 4.69) is 38.1 Å². The molecule has 136 valence electrons. The van der Waals surface area contributed by atoms with Gasteiger partial charge < -0.3 is 15.6 Å². The molecule has 3 nitrogen and oxygen atoms in total.